The number of rotatable bonds is 2. The molecule has 1 aliphatic rings. The summed E-state index contributed by atoms with van der Waals surface area (Å²) in [7, 11) is 0. The molecule has 0 aromatic rings. The topological polar surface area (TPSA) is 0 Å². The van der Waals surface area contributed by atoms with Gasteiger partial charge in [-0.05, 0) is 31.6 Å². The molecule has 0 spiro atoms. The molecule has 1 unspecified atom stereocenters. The van der Waals surface area contributed by atoms with Gasteiger partial charge in [-0.3, -0.25) is 0 Å². The molecule has 1 saturated carbocycles. The zero-order valence-corrected chi connectivity index (χ0v) is 7.53. The Morgan fingerprint density at radius 2 is 2.15 bits per heavy atom. The molecule has 0 N–H and O–H groups in total. The highest BCUT2D eigenvalue weighted by atomic mass is 19.4. The molecule has 1 radical (unpaired) electrons. The zero-order chi connectivity index (χ0) is 9.90. The minimum absolute atomic E-state index is 0.218. The minimum atomic E-state index is -4.01. The van der Waals surface area contributed by atoms with E-state index in [9.17, 15) is 13.2 Å². The van der Waals surface area contributed by atoms with Crippen LogP contribution in [0.15, 0.2) is 12.7 Å². The van der Waals surface area contributed by atoms with E-state index in [0.717, 1.165) is 12.3 Å². The molecule has 0 aliphatic heterocycles. The molecule has 1 rings (SSSR count). The Kier molecular flexibility index (Phi) is 3.40. The van der Waals surface area contributed by atoms with E-state index in [1.54, 1.807) is 6.08 Å². The first-order valence-electron chi connectivity index (χ1n) is 4.55. The molecule has 0 heterocycles. The first-order valence-corrected chi connectivity index (χ1v) is 4.55. The summed E-state index contributed by atoms with van der Waals surface area (Å²) in [6.45, 7) is 3.54. The fourth-order valence-electron chi connectivity index (χ4n) is 1.82. The van der Waals surface area contributed by atoms with Gasteiger partial charge in [0.1, 0.15) is 0 Å². The molecule has 0 aromatic carbocycles. The van der Waals surface area contributed by atoms with Crippen LogP contribution in [0.3, 0.4) is 0 Å². The Balaban J connectivity index is 2.46. The lowest BCUT2D eigenvalue weighted by Gasteiger charge is -2.29. The fourth-order valence-corrected chi connectivity index (χ4v) is 1.82. The Morgan fingerprint density at radius 1 is 1.46 bits per heavy atom. The molecule has 0 nitrogen and oxygen atoms in total. The number of halogens is 3. The van der Waals surface area contributed by atoms with E-state index in [0.29, 0.717) is 19.3 Å². The van der Waals surface area contributed by atoms with Gasteiger partial charge in [-0.2, -0.15) is 13.2 Å². The number of alkyl halides is 3. The SMILES string of the molecule is C=CC[C]1CCCC(C(F)(F)F)C1. The maximum Gasteiger partial charge on any atom is 0.391 e. The summed E-state index contributed by atoms with van der Waals surface area (Å²) in [4.78, 5) is 0. The Labute approximate surface area is 76.8 Å². The van der Waals surface area contributed by atoms with E-state index < -0.39 is 12.1 Å². The molecule has 0 bridgehead atoms. The van der Waals surface area contributed by atoms with E-state index >= 15 is 0 Å². The second-order valence-electron chi connectivity index (χ2n) is 3.58. The largest absolute Gasteiger partial charge is 0.391 e. The third kappa shape index (κ3) is 3.05. The monoisotopic (exact) mass is 191 g/mol. The van der Waals surface area contributed by atoms with Crippen LogP contribution in [0, 0.1) is 11.8 Å². The summed E-state index contributed by atoms with van der Waals surface area (Å²) >= 11 is 0. The van der Waals surface area contributed by atoms with Gasteiger partial charge < -0.3 is 0 Å². The van der Waals surface area contributed by atoms with Crippen LogP contribution in [0.4, 0.5) is 13.2 Å². The zero-order valence-electron chi connectivity index (χ0n) is 7.53. The number of hydrogen-bond donors (Lipinski definition) is 0. The van der Waals surface area contributed by atoms with Crippen molar-refractivity contribution in [1.29, 1.82) is 0 Å². The average Bonchev–Trinajstić information content (AvgIpc) is 2.04. The minimum Gasteiger partial charge on any atom is -0.171 e. The van der Waals surface area contributed by atoms with E-state index in [1.165, 1.54) is 0 Å². The molecule has 3 heteroatoms. The Bertz CT molecular complexity index is 171. The molecular formula is C10H14F3. The van der Waals surface area contributed by atoms with Crippen LogP contribution in [0.2, 0.25) is 0 Å². The van der Waals surface area contributed by atoms with Crippen molar-refractivity contribution < 1.29 is 13.2 Å². The van der Waals surface area contributed by atoms with Crippen molar-refractivity contribution >= 4 is 0 Å². The van der Waals surface area contributed by atoms with Crippen molar-refractivity contribution in [3.8, 4) is 0 Å². The predicted molar refractivity (Wildman–Crippen MR) is 46.1 cm³/mol. The van der Waals surface area contributed by atoms with Crippen molar-refractivity contribution in [1.82, 2.24) is 0 Å². The van der Waals surface area contributed by atoms with E-state index in [-0.39, 0.29) is 6.42 Å². The Morgan fingerprint density at radius 3 is 2.69 bits per heavy atom. The van der Waals surface area contributed by atoms with Crippen LogP contribution in [0.5, 0.6) is 0 Å². The second kappa shape index (κ2) is 4.16. The van der Waals surface area contributed by atoms with Crippen molar-refractivity contribution in [2.24, 2.45) is 5.92 Å². The number of hydrogen-bond acceptors (Lipinski definition) is 0. The third-order valence-electron chi connectivity index (χ3n) is 2.51. The first-order chi connectivity index (χ1) is 6.04. The molecule has 13 heavy (non-hydrogen) atoms. The molecule has 1 atom stereocenters. The summed E-state index contributed by atoms with van der Waals surface area (Å²) < 4.78 is 36.9. The van der Waals surface area contributed by atoms with Crippen LogP contribution < -0.4 is 0 Å². The molecule has 0 aromatic heterocycles. The van der Waals surface area contributed by atoms with Crippen molar-refractivity contribution in [3.05, 3.63) is 18.6 Å². The molecule has 1 fully saturated rings. The fraction of sp³-hybridized carbons (Fsp3) is 0.700. The molecule has 0 saturated heterocycles. The van der Waals surface area contributed by atoms with Crippen molar-refractivity contribution in [2.75, 3.05) is 0 Å². The highest BCUT2D eigenvalue weighted by Crippen LogP contribution is 2.41. The third-order valence-corrected chi connectivity index (χ3v) is 2.51. The van der Waals surface area contributed by atoms with E-state index in [4.69, 9.17) is 0 Å². The van der Waals surface area contributed by atoms with Gasteiger partial charge in [-0.25, -0.2) is 0 Å². The highest BCUT2D eigenvalue weighted by Gasteiger charge is 2.41. The van der Waals surface area contributed by atoms with Crippen molar-refractivity contribution in [2.45, 2.75) is 38.3 Å². The second-order valence-corrected chi connectivity index (χ2v) is 3.58. The van der Waals surface area contributed by atoms with Gasteiger partial charge in [0.25, 0.3) is 0 Å². The molecule has 75 valence electrons. The normalized spacial score (nSPS) is 25.9. The van der Waals surface area contributed by atoms with Crippen LogP contribution in [0.25, 0.3) is 0 Å². The number of allylic oxidation sites excluding steroid dienone is 1. The maximum absolute atomic E-state index is 12.3. The summed E-state index contributed by atoms with van der Waals surface area (Å²) in [5.74, 6) is -0.0974. The van der Waals surface area contributed by atoms with Gasteiger partial charge >= 0.3 is 6.18 Å². The highest BCUT2D eigenvalue weighted by molar-refractivity contribution is 5.01. The lowest BCUT2D eigenvalue weighted by atomic mass is 9.79. The summed E-state index contributed by atoms with van der Waals surface area (Å²) in [5, 5.41) is 0. The van der Waals surface area contributed by atoms with Gasteiger partial charge in [0.15, 0.2) is 0 Å². The van der Waals surface area contributed by atoms with Gasteiger partial charge in [-0.15, -0.1) is 6.58 Å². The summed E-state index contributed by atoms with van der Waals surface area (Å²) in [5.41, 5.74) is 0. The maximum atomic E-state index is 12.3. The molecule has 0 amide bonds. The first kappa shape index (κ1) is 10.6. The van der Waals surface area contributed by atoms with Gasteiger partial charge in [0.05, 0.1) is 5.92 Å². The molecular weight excluding hydrogens is 177 g/mol. The lowest BCUT2D eigenvalue weighted by Crippen LogP contribution is -2.27. The Hall–Kier alpha value is -0.470. The van der Waals surface area contributed by atoms with Crippen LogP contribution in [-0.2, 0) is 0 Å². The van der Waals surface area contributed by atoms with Crippen LogP contribution in [0.1, 0.15) is 32.1 Å². The van der Waals surface area contributed by atoms with Gasteiger partial charge in [-0.1, -0.05) is 12.5 Å². The van der Waals surface area contributed by atoms with Crippen molar-refractivity contribution in [3.63, 3.8) is 0 Å². The van der Waals surface area contributed by atoms with E-state index in [2.05, 4.69) is 6.58 Å². The lowest BCUT2D eigenvalue weighted by molar-refractivity contribution is -0.180. The predicted octanol–water partition coefficient (Wildman–Crippen LogP) is 3.89. The van der Waals surface area contributed by atoms with Gasteiger partial charge in [0, 0.05) is 0 Å². The molecule has 1 aliphatic carbocycles. The van der Waals surface area contributed by atoms with E-state index in [1.807, 2.05) is 0 Å². The quantitative estimate of drug-likeness (QED) is 0.581. The van der Waals surface area contributed by atoms with Crippen LogP contribution in [-0.4, -0.2) is 6.18 Å². The summed E-state index contributed by atoms with van der Waals surface area (Å²) in [6, 6.07) is 0. The van der Waals surface area contributed by atoms with Gasteiger partial charge in [0.2, 0.25) is 0 Å². The average molecular weight is 191 g/mol. The standard InChI is InChI=1S/C10H14F3/c1-2-4-8-5-3-6-9(7-8)10(11,12)13/h2,9H,1,3-7H2. The van der Waals surface area contributed by atoms with Crippen LogP contribution >= 0.6 is 0 Å². The smallest absolute Gasteiger partial charge is 0.171 e. The summed E-state index contributed by atoms with van der Waals surface area (Å²) in [6.07, 6.45) is 0.360.